The highest BCUT2D eigenvalue weighted by Gasteiger charge is 2.22. The van der Waals surface area contributed by atoms with E-state index in [9.17, 15) is 4.79 Å². The number of benzene rings is 3. The molecule has 0 aliphatic heterocycles. The van der Waals surface area contributed by atoms with Crippen LogP contribution in [0.25, 0.3) is 16.5 Å². The maximum Gasteiger partial charge on any atom is 0.324 e. The predicted molar refractivity (Wildman–Crippen MR) is 125 cm³/mol. The molecule has 0 bridgehead atoms. The van der Waals surface area contributed by atoms with Crippen molar-refractivity contribution in [2.75, 3.05) is 17.7 Å². The Kier molecular flexibility index (Phi) is 5.38. The molecule has 2 N–H and O–H groups in total. The van der Waals surface area contributed by atoms with E-state index in [1.54, 1.807) is 11.8 Å². The van der Waals surface area contributed by atoms with E-state index in [-0.39, 0.29) is 11.4 Å². The summed E-state index contributed by atoms with van der Waals surface area (Å²) in [6.45, 7) is 6.27. The molecule has 0 aliphatic carbocycles. The van der Waals surface area contributed by atoms with E-state index >= 15 is 0 Å². The van der Waals surface area contributed by atoms with Gasteiger partial charge in [0.2, 0.25) is 0 Å². The molecule has 4 aromatic rings. The van der Waals surface area contributed by atoms with Gasteiger partial charge < -0.3 is 10.1 Å². The quantitative estimate of drug-likeness (QED) is 0.432. The molecule has 1 heterocycles. The Morgan fingerprint density at radius 2 is 1.68 bits per heavy atom. The molecule has 4 rings (SSSR count). The molecule has 1 aromatic heterocycles. The van der Waals surface area contributed by atoms with Crippen molar-refractivity contribution in [2.24, 2.45) is 0 Å². The zero-order chi connectivity index (χ0) is 22.0. The standard InChI is InChI=1S/C25H26N4O2/c1-25(2,3)22-16-23(29(28-22)18-11-8-12-19(15-18)31-4)27-24(30)26-21-14-7-10-17-9-5-6-13-20(17)21/h5-16H,1-4H3,(H2,26,27,30). The highest BCUT2D eigenvalue weighted by atomic mass is 16.5. The van der Waals surface area contributed by atoms with Crippen LogP contribution in [0.3, 0.4) is 0 Å². The number of nitrogens with one attached hydrogen (secondary N) is 2. The SMILES string of the molecule is COc1cccc(-n2nc(C(C)(C)C)cc2NC(=O)Nc2cccc3ccccc23)c1. The number of nitrogens with zero attached hydrogens (tertiary/aromatic N) is 2. The van der Waals surface area contributed by atoms with Crippen molar-refractivity contribution in [3.05, 3.63) is 78.5 Å². The van der Waals surface area contributed by atoms with Gasteiger partial charge >= 0.3 is 6.03 Å². The number of methoxy groups -OCH3 is 1. The first-order valence-corrected chi connectivity index (χ1v) is 10.2. The van der Waals surface area contributed by atoms with Crippen LogP contribution in [-0.2, 0) is 5.41 Å². The van der Waals surface area contributed by atoms with Crippen molar-refractivity contribution in [3.63, 3.8) is 0 Å². The minimum atomic E-state index is -0.333. The van der Waals surface area contributed by atoms with Gasteiger partial charge in [-0.25, -0.2) is 9.48 Å². The third-order valence-corrected chi connectivity index (χ3v) is 5.06. The smallest absolute Gasteiger partial charge is 0.324 e. The summed E-state index contributed by atoms with van der Waals surface area (Å²) in [5.41, 5.74) is 2.25. The largest absolute Gasteiger partial charge is 0.497 e. The molecule has 2 amide bonds. The summed E-state index contributed by atoms with van der Waals surface area (Å²) >= 11 is 0. The molecule has 6 nitrogen and oxygen atoms in total. The maximum atomic E-state index is 12.9. The van der Waals surface area contributed by atoms with E-state index in [0.29, 0.717) is 5.82 Å². The van der Waals surface area contributed by atoms with Gasteiger partial charge in [-0.3, -0.25) is 5.32 Å². The van der Waals surface area contributed by atoms with Crippen LogP contribution in [0.15, 0.2) is 72.8 Å². The fourth-order valence-corrected chi connectivity index (χ4v) is 3.38. The Morgan fingerprint density at radius 3 is 2.45 bits per heavy atom. The summed E-state index contributed by atoms with van der Waals surface area (Å²) in [4.78, 5) is 12.9. The second-order valence-electron chi connectivity index (χ2n) is 8.38. The van der Waals surface area contributed by atoms with Gasteiger partial charge in [-0.2, -0.15) is 5.10 Å². The van der Waals surface area contributed by atoms with Crippen LogP contribution in [0.4, 0.5) is 16.3 Å². The van der Waals surface area contributed by atoms with E-state index in [4.69, 9.17) is 9.84 Å². The normalized spacial score (nSPS) is 11.4. The number of carbonyl (C=O) groups excluding carboxylic acids is 1. The summed E-state index contributed by atoms with van der Waals surface area (Å²) in [5.74, 6) is 1.30. The highest BCUT2D eigenvalue weighted by molar-refractivity contribution is 6.06. The van der Waals surface area contributed by atoms with Crippen LogP contribution >= 0.6 is 0 Å². The number of ether oxygens (including phenoxy) is 1. The lowest BCUT2D eigenvalue weighted by atomic mass is 9.92. The number of carbonyl (C=O) groups is 1. The number of hydrogen-bond donors (Lipinski definition) is 2. The Balaban J connectivity index is 1.66. The van der Waals surface area contributed by atoms with Gasteiger partial charge in [-0.15, -0.1) is 0 Å². The number of rotatable bonds is 4. The first-order valence-electron chi connectivity index (χ1n) is 10.2. The molecule has 0 saturated carbocycles. The van der Waals surface area contributed by atoms with Crippen molar-refractivity contribution < 1.29 is 9.53 Å². The lowest BCUT2D eigenvalue weighted by Gasteiger charge is -2.14. The molecule has 6 heteroatoms. The molecular formula is C25H26N4O2. The third kappa shape index (κ3) is 4.38. The van der Waals surface area contributed by atoms with E-state index < -0.39 is 0 Å². The molecule has 0 aliphatic rings. The number of urea groups is 1. The van der Waals surface area contributed by atoms with Crippen molar-refractivity contribution >= 4 is 28.3 Å². The van der Waals surface area contributed by atoms with Crippen molar-refractivity contribution in [2.45, 2.75) is 26.2 Å². The molecular weight excluding hydrogens is 388 g/mol. The zero-order valence-electron chi connectivity index (χ0n) is 18.1. The van der Waals surface area contributed by atoms with Crippen LogP contribution in [0.1, 0.15) is 26.5 Å². The molecule has 31 heavy (non-hydrogen) atoms. The molecule has 158 valence electrons. The van der Waals surface area contributed by atoms with E-state index in [1.165, 1.54) is 0 Å². The van der Waals surface area contributed by atoms with Gasteiger partial charge in [-0.1, -0.05) is 63.2 Å². The molecule has 0 spiro atoms. The minimum absolute atomic E-state index is 0.174. The van der Waals surface area contributed by atoms with Gasteiger partial charge in [0, 0.05) is 22.9 Å². The van der Waals surface area contributed by atoms with Crippen LogP contribution in [0.5, 0.6) is 5.75 Å². The molecule has 0 atom stereocenters. The second-order valence-corrected chi connectivity index (χ2v) is 8.38. The highest BCUT2D eigenvalue weighted by Crippen LogP contribution is 2.28. The average Bonchev–Trinajstić information content (AvgIpc) is 3.18. The lowest BCUT2D eigenvalue weighted by molar-refractivity contribution is 0.262. The monoisotopic (exact) mass is 414 g/mol. The number of anilines is 2. The van der Waals surface area contributed by atoms with Crippen LogP contribution in [-0.4, -0.2) is 22.9 Å². The van der Waals surface area contributed by atoms with Crippen molar-refractivity contribution in [1.82, 2.24) is 9.78 Å². The van der Waals surface area contributed by atoms with Crippen LogP contribution in [0, 0.1) is 0 Å². The topological polar surface area (TPSA) is 68.2 Å². The van der Waals surface area contributed by atoms with Gasteiger partial charge in [0.1, 0.15) is 11.6 Å². The summed E-state index contributed by atoms with van der Waals surface area (Å²) in [7, 11) is 1.62. The van der Waals surface area contributed by atoms with Crippen molar-refractivity contribution in [1.29, 1.82) is 0 Å². The predicted octanol–water partition coefficient (Wildman–Crippen LogP) is 5.98. The van der Waals surface area contributed by atoms with E-state index in [2.05, 4.69) is 31.4 Å². The van der Waals surface area contributed by atoms with Gasteiger partial charge in [0.25, 0.3) is 0 Å². The van der Waals surface area contributed by atoms with Crippen LogP contribution < -0.4 is 15.4 Å². The fourth-order valence-electron chi connectivity index (χ4n) is 3.38. The summed E-state index contributed by atoms with van der Waals surface area (Å²) in [6, 6.07) is 22.9. The summed E-state index contributed by atoms with van der Waals surface area (Å²) in [5, 5.41) is 12.7. The number of aromatic nitrogens is 2. The minimum Gasteiger partial charge on any atom is -0.497 e. The zero-order valence-corrected chi connectivity index (χ0v) is 18.1. The Labute approximate surface area is 181 Å². The average molecular weight is 415 g/mol. The fraction of sp³-hybridized carbons (Fsp3) is 0.200. The third-order valence-electron chi connectivity index (χ3n) is 5.06. The number of hydrogen-bond acceptors (Lipinski definition) is 3. The van der Waals surface area contributed by atoms with Crippen LogP contribution in [0.2, 0.25) is 0 Å². The second kappa shape index (κ2) is 8.14. The summed E-state index contributed by atoms with van der Waals surface area (Å²) in [6.07, 6.45) is 0. The molecule has 0 fully saturated rings. The first-order chi connectivity index (χ1) is 14.8. The molecule has 3 aromatic carbocycles. The Hall–Kier alpha value is -3.80. The molecule has 0 radical (unpaired) electrons. The number of fused-ring (bicyclic) bond motifs is 1. The maximum absolute atomic E-state index is 12.9. The molecule has 0 saturated heterocycles. The van der Waals surface area contributed by atoms with Crippen molar-refractivity contribution in [3.8, 4) is 11.4 Å². The van der Waals surface area contributed by atoms with E-state index in [0.717, 1.165) is 33.6 Å². The Bertz CT molecular complexity index is 1230. The summed E-state index contributed by atoms with van der Waals surface area (Å²) < 4.78 is 7.08. The van der Waals surface area contributed by atoms with Gasteiger partial charge in [-0.05, 0) is 23.6 Å². The van der Waals surface area contributed by atoms with Gasteiger partial charge in [0.15, 0.2) is 0 Å². The number of amides is 2. The van der Waals surface area contributed by atoms with Gasteiger partial charge in [0.05, 0.1) is 24.2 Å². The Morgan fingerprint density at radius 1 is 0.935 bits per heavy atom. The van der Waals surface area contributed by atoms with E-state index in [1.807, 2.05) is 72.8 Å². The lowest BCUT2D eigenvalue weighted by Crippen LogP contribution is -2.21. The molecule has 0 unspecified atom stereocenters. The first kappa shape index (κ1) is 20.5.